The third-order valence-electron chi connectivity index (χ3n) is 11.0. The van der Waals surface area contributed by atoms with Crippen LogP contribution in [0.2, 0.25) is 0 Å². The summed E-state index contributed by atoms with van der Waals surface area (Å²) in [6, 6.07) is 23.8. The van der Waals surface area contributed by atoms with Crippen LogP contribution in [0.4, 0.5) is 11.4 Å². The number of halogens is 2. The highest BCUT2D eigenvalue weighted by Gasteiger charge is 2.45. The van der Waals surface area contributed by atoms with Gasteiger partial charge in [0.1, 0.15) is 17.9 Å². The fourth-order valence-corrected chi connectivity index (χ4v) is 8.48. The van der Waals surface area contributed by atoms with Gasteiger partial charge in [-0.1, -0.05) is 60.5 Å². The molecule has 1 atom stereocenters. The number of anilines is 1. The summed E-state index contributed by atoms with van der Waals surface area (Å²) in [6.45, 7) is 18.5. The molecule has 296 valence electrons. The zero-order chi connectivity index (χ0) is 39.5. The lowest BCUT2D eigenvalue weighted by Gasteiger charge is -2.25. The maximum atomic E-state index is 13.0. The molecule has 0 aromatic heterocycles. The van der Waals surface area contributed by atoms with Crippen LogP contribution in [0, 0.1) is 5.92 Å². The first-order valence-corrected chi connectivity index (χ1v) is 20.2. The highest BCUT2D eigenvalue weighted by Crippen LogP contribution is 2.48. The van der Waals surface area contributed by atoms with Crippen molar-refractivity contribution in [2.75, 3.05) is 18.0 Å². The number of esters is 2. The summed E-state index contributed by atoms with van der Waals surface area (Å²) in [5, 5.41) is 0.871. The Morgan fingerprint density at radius 1 is 0.929 bits per heavy atom. The highest BCUT2D eigenvalue weighted by atomic mass is 79.9. The molecule has 0 radical (unpaired) electrons. The van der Waals surface area contributed by atoms with E-state index in [1.807, 2.05) is 57.2 Å². The molecule has 0 saturated carbocycles. The minimum Gasteiger partial charge on any atom is -1.00 e. The molecule has 1 unspecified atom stereocenters. The molecule has 0 N–H and O–H groups in total. The van der Waals surface area contributed by atoms with Crippen molar-refractivity contribution >= 4 is 40.6 Å². The molecule has 6 nitrogen and oxygen atoms in total. The third kappa shape index (κ3) is 9.17. The van der Waals surface area contributed by atoms with E-state index in [0.29, 0.717) is 17.7 Å². The number of hydrogen-bond donors (Lipinski definition) is 0. The van der Waals surface area contributed by atoms with Gasteiger partial charge in [0.05, 0.1) is 16.7 Å². The van der Waals surface area contributed by atoms with Crippen molar-refractivity contribution in [3.8, 4) is 5.75 Å². The van der Waals surface area contributed by atoms with Crippen LogP contribution in [0.5, 0.6) is 5.75 Å². The average molecular weight is 840 g/mol. The molecule has 8 heteroatoms. The lowest BCUT2D eigenvalue weighted by atomic mass is 9.80. The molecule has 0 spiro atoms. The number of para-hydroxylation sites is 2. The fourth-order valence-electron chi connectivity index (χ4n) is 8.15. The van der Waals surface area contributed by atoms with E-state index in [1.165, 1.54) is 17.0 Å². The van der Waals surface area contributed by atoms with E-state index in [-0.39, 0.29) is 45.7 Å². The second-order valence-corrected chi connectivity index (χ2v) is 17.3. The predicted octanol–water partition coefficient (Wildman–Crippen LogP) is 8.50. The maximum Gasteiger partial charge on any atom is 0.338 e. The standard InChI is InChI=1S/C48H56ClN2O4.BrH/c1-9-50-40-28-25-35(45(53)55-46(2,3)4)32-38(40)48(7,8)41(50)29-26-33-23-24-34(44(33)49)27-30-42-47(5,6)37-20-15-16-21-39(37)51(42)31-17-11-14-22-43(52)54-36-18-12-10-13-19-36;/h10,12-13,15-16,18-21,25-29,32,34H,9,11,14,17,22-24,31H2,1-8H3;1H/q+1;/p-1/b29-26+;. The van der Waals surface area contributed by atoms with Crippen molar-refractivity contribution in [2.45, 2.75) is 110 Å². The fraction of sp³-hybridized carbons (Fsp3) is 0.417. The van der Waals surface area contributed by atoms with E-state index in [1.54, 1.807) is 12.1 Å². The van der Waals surface area contributed by atoms with Crippen LogP contribution in [-0.2, 0) is 20.4 Å². The molecule has 1 aliphatic carbocycles. The summed E-state index contributed by atoms with van der Waals surface area (Å²) in [5.41, 5.74) is 11.5. The molecule has 2 aliphatic heterocycles. The highest BCUT2D eigenvalue weighted by molar-refractivity contribution is 6.30. The Labute approximate surface area is 349 Å². The molecule has 0 amide bonds. The van der Waals surface area contributed by atoms with E-state index in [0.717, 1.165) is 72.7 Å². The Hall–Kier alpha value is -4.16. The first-order chi connectivity index (χ1) is 26.1. The number of allylic oxidation sites excluding steroid dienone is 5. The Balaban J connectivity index is 0.00000600. The van der Waals surface area contributed by atoms with Gasteiger partial charge in [-0.3, -0.25) is 4.79 Å². The summed E-state index contributed by atoms with van der Waals surface area (Å²) >= 11 is 7.17. The van der Waals surface area contributed by atoms with E-state index in [4.69, 9.17) is 21.1 Å². The summed E-state index contributed by atoms with van der Waals surface area (Å²) in [7, 11) is 0. The van der Waals surface area contributed by atoms with Crippen LogP contribution in [0.15, 0.2) is 113 Å². The zero-order valence-corrected chi connectivity index (χ0v) is 36.5. The lowest BCUT2D eigenvalue weighted by molar-refractivity contribution is -0.433. The Morgan fingerprint density at radius 2 is 1.64 bits per heavy atom. The number of ether oxygens (including phenoxy) is 2. The molecule has 0 bridgehead atoms. The topological polar surface area (TPSA) is 58.8 Å². The first-order valence-electron chi connectivity index (χ1n) is 19.8. The van der Waals surface area contributed by atoms with Crippen molar-refractivity contribution < 1.29 is 40.6 Å². The molecule has 6 rings (SSSR count). The number of carbonyl (C=O) groups excluding carboxylic acids is 2. The van der Waals surface area contributed by atoms with Gasteiger partial charge in [-0.25, -0.2) is 4.79 Å². The summed E-state index contributed by atoms with van der Waals surface area (Å²) in [4.78, 5) is 27.7. The summed E-state index contributed by atoms with van der Waals surface area (Å²) in [5.74, 6) is 0.183. The zero-order valence-electron chi connectivity index (χ0n) is 34.2. The Bertz CT molecular complexity index is 2120. The number of fused-ring (bicyclic) bond motifs is 2. The predicted molar refractivity (Wildman–Crippen MR) is 224 cm³/mol. The normalized spacial score (nSPS) is 18.1. The van der Waals surface area contributed by atoms with Crippen molar-refractivity contribution in [1.82, 2.24) is 0 Å². The second kappa shape index (κ2) is 17.5. The molecular formula is C48H56BrClN2O4. The van der Waals surface area contributed by atoms with E-state index < -0.39 is 5.60 Å². The van der Waals surface area contributed by atoms with Crippen molar-refractivity contribution in [3.05, 3.63) is 130 Å². The van der Waals surface area contributed by atoms with E-state index >= 15 is 0 Å². The number of carbonyl (C=O) groups is 2. The number of hydrogen-bond acceptors (Lipinski definition) is 5. The van der Waals surface area contributed by atoms with Gasteiger partial charge in [0, 0.05) is 52.7 Å². The SMILES string of the molecule is CC[N+]1=C(/C=C/C2=C(Cl)C(C=C=C3N(CCCCCC(=O)Oc4ccccc4)c4ccccc4C3(C)C)CC2)C(C)(C)c2cc(C(=O)OC(C)(C)C)ccc21.[Br-]. The largest absolute Gasteiger partial charge is 1.00 e. The lowest BCUT2D eigenvalue weighted by Crippen LogP contribution is -3.00. The average Bonchev–Trinajstić information content (AvgIpc) is 3.68. The molecular weight excluding hydrogens is 784 g/mol. The number of nitrogens with zero attached hydrogens (tertiary/aromatic N) is 2. The molecule has 0 fully saturated rings. The molecule has 3 aromatic carbocycles. The minimum absolute atomic E-state index is 0. The van der Waals surface area contributed by atoms with Crippen LogP contribution < -0.4 is 26.6 Å². The molecule has 0 saturated heterocycles. The van der Waals surface area contributed by atoms with Gasteiger partial charge in [0.25, 0.3) is 0 Å². The van der Waals surface area contributed by atoms with Crippen LogP contribution in [0.3, 0.4) is 0 Å². The van der Waals surface area contributed by atoms with Gasteiger partial charge >= 0.3 is 11.9 Å². The second-order valence-electron chi connectivity index (χ2n) is 16.9. The van der Waals surface area contributed by atoms with Gasteiger partial charge < -0.3 is 31.4 Å². The van der Waals surface area contributed by atoms with Gasteiger partial charge in [-0.15, -0.1) is 5.73 Å². The molecule has 56 heavy (non-hydrogen) atoms. The van der Waals surface area contributed by atoms with E-state index in [9.17, 15) is 9.59 Å². The number of unbranched alkanes of at least 4 members (excludes halogenated alkanes) is 2. The van der Waals surface area contributed by atoms with E-state index in [2.05, 4.69) is 92.3 Å². The van der Waals surface area contributed by atoms with Gasteiger partial charge in [-0.05, 0) is 129 Å². The van der Waals surface area contributed by atoms with Crippen molar-refractivity contribution in [3.63, 3.8) is 0 Å². The monoisotopic (exact) mass is 838 g/mol. The molecule has 3 aromatic rings. The maximum absolute atomic E-state index is 13.0. The Kier molecular flexibility index (Phi) is 13.5. The molecule has 3 aliphatic rings. The Morgan fingerprint density at radius 3 is 2.36 bits per heavy atom. The number of benzene rings is 3. The summed E-state index contributed by atoms with van der Waals surface area (Å²) in [6.07, 6.45) is 11.5. The van der Waals surface area contributed by atoms with Crippen LogP contribution in [-0.4, -0.2) is 40.9 Å². The van der Waals surface area contributed by atoms with Crippen molar-refractivity contribution in [2.24, 2.45) is 5.92 Å². The number of rotatable bonds is 12. The van der Waals surface area contributed by atoms with Crippen molar-refractivity contribution in [1.29, 1.82) is 0 Å². The summed E-state index contributed by atoms with van der Waals surface area (Å²) < 4.78 is 13.5. The van der Waals surface area contributed by atoms with Gasteiger partial charge in [-0.2, -0.15) is 4.58 Å². The molecule has 2 heterocycles. The first kappa shape index (κ1) is 43.0. The van der Waals surface area contributed by atoms with Crippen LogP contribution >= 0.6 is 11.6 Å². The van der Waals surface area contributed by atoms with Crippen LogP contribution in [0.25, 0.3) is 0 Å². The third-order valence-corrected chi connectivity index (χ3v) is 11.6. The quantitative estimate of drug-likeness (QED) is 0.0603. The van der Waals surface area contributed by atoms with Gasteiger partial charge in [0.2, 0.25) is 5.69 Å². The smallest absolute Gasteiger partial charge is 0.338 e. The minimum atomic E-state index is -0.556. The van der Waals surface area contributed by atoms with Gasteiger partial charge in [0.15, 0.2) is 5.71 Å². The van der Waals surface area contributed by atoms with Crippen LogP contribution in [0.1, 0.15) is 115 Å².